The first-order chi connectivity index (χ1) is 36.5. The molecule has 8 atom stereocenters. The molecule has 0 N–H and O–H groups in total. The van der Waals surface area contributed by atoms with Crippen LogP contribution in [0.2, 0.25) is 0 Å². The van der Waals surface area contributed by atoms with Gasteiger partial charge in [-0.15, -0.1) is 0 Å². The van der Waals surface area contributed by atoms with Crippen molar-refractivity contribution < 1.29 is 0 Å². The van der Waals surface area contributed by atoms with Gasteiger partial charge in [0.1, 0.15) is 0 Å². The predicted molar refractivity (Wildman–Crippen MR) is 295 cm³/mol. The second-order valence-electron chi connectivity index (χ2n) is 29.0. The molecule has 10 aromatic rings. The summed E-state index contributed by atoms with van der Waals surface area (Å²) in [6.45, 7) is 0. The van der Waals surface area contributed by atoms with Crippen LogP contribution >= 0.6 is 0 Å². The fourth-order valence-corrected chi connectivity index (χ4v) is 23.7. The van der Waals surface area contributed by atoms with Crippen molar-refractivity contribution in [1.29, 1.82) is 0 Å². The molecule has 6 heteroatoms. The molecule has 8 saturated carbocycles. The predicted octanol–water partition coefficient (Wildman–Crippen LogP) is 16.8. The van der Waals surface area contributed by atoms with Gasteiger partial charge in [-0.1, -0.05) is 0 Å². The molecule has 0 spiro atoms. The molecule has 16 aliphatic carbocycles. The summed E-state index contributed by atoms with van der Waals surface area (Å²) in [5.74, 6) is 11.8. The van der Waals surface area contributed by atoms with Crippen molar-refractivity contribution in [3.63, 3.8) is 0 Å². The molecule has 0 saturated heterocycles. The van der Waals surface area contributed by atoms with Crippen molar-refractivity contribution in [2.24, 2.45) is 47.3 Å². The van der Waals surface area contributed by atoms with Crippen molar-refractivity contribution in [1.82, 2.24) is 28.7 Å². The number of fused-ring (bicyclic) bond motifs is 12. The summed E-state index contributed by atoms with van der Waals surface area (Å²) in [6, 6.07) is 10.9. The van der Waals surface area contributed by atoms with Gasteiger partial charge >= 0.3 is 0 Å². The van der Waals surface area contributed by atoms with Crippen LogP contribution in [0.5, 0.6) is 0 Å². The van der Waals surface area contributed by atoms with E-state index in [0.29, 0.717) is 47.3 Å². The minimum absolute atomic E-state index is 0.610. The number of rotatable bonds is 1. The van der Waals surface area contributed by atoms with E-state index in [1.807, 2.05) is 0 Å². The molecule has 74 heavy (non-hydrogen) atoms. The first-order valence-electron chi connectivity index (χ1n) is 30.6. The smallest absolute Gasteiger partial charge is 0.0728 e. The third-order valence-corrected chi connectivity index (χ3v) is 25.3. The van der Waals surface area contributed by atoms with E-state index in [1.165, 1.54) is 217 Å². The zero-order chi connectivity index (χ0) is 46.9. The molecule has 16 aliphatic rings. The van der Waals surface area contributed by atoms with E-state index in [-0.39, 0.29) is 0 Å². The molecule has 2 aromatic carbocycles. The van der Waals surface area contributed by atoms with E-state index in [9.17, 15) is 0 Å². The first kappa shape index (κ1) is 39.1. The number of pyridine rings is 4. The van der Waals surface area contributed by atoms with E-state index in [4.69, 9.17) is 19.9 Å². The van der Waals surface area contributed by atoms with Crippen LogP contribution < -0.4 is 0 Å². The fraction of sp³-hybridized carbons (Fsp3) is 0.529. The molecular formula is C68H64N6. The van der Waals surface area contributed by atoms with Gasteiger partial charge in [0, 0.05) is 89.5 Å². The minimum atomic E-state index is 0.610. The molecule has 26 rings (SSSR count). The Hall–Kier alpha value is -5.36. The molecule has 16 bridgehead atoms. The normalized spacial score (nSPS) is 37.5. The van der Waals surface area contributed by atoms with E-state index in [1.54, 1.807) is 43.8 Å². The Balaban J connectivity index is 0.893. The highest BCUT2D eigenvalue weighted by molar-refractivity contribution is 6.28. The monoisotopic (exact) mass is 965 g/mol. The third-order valence-electron chi connectivity index (χ3n) is 25.3. The molecule has 8 heterocycles. The zero-order valence-electron chi connectivity index (χ0n) is 42.7. The van der Waals surface area contributed by atoms with Gasteiger partial charge in [0.2, 0.25) is 0 Å². The number of nitrogens with zero attached hydrogens (tertiary/aromatic N) is 6. The molecular weight excluding hydrogens is 901 g/mol. The lowest BCUT2D eigenvalue weighted by atomic mass is 9.67. The second kappa shape index (κ2) is 12.9. The fourth-order valence-electron chi connectivity index (χ4n) is 23.7. The number of benzene rings is 2. The molecule has 8 aromatic heterocycles. The summed E-state index contributed by atoms with van der Waals surface area (Å²) in [5, 5.41) is 12.2. The molecule has 6 nitrogen and oxygen atoms in total. The minimum Gasteiger partial charge on any atom is -0.305 e. The molecule has 0 radical (unpaired) electrons. The van der Waals surface area contributed by atoms with Gasteiger partial charge in [-0.25, -0.2) is 0 Å². The van der Waals surface area contributed by atoms with Gasteiger partial charge in [-0.2, -0.15) is 0 Å². The number of aromatic nitrogens is 6. The van der Waals surface area contributed by atoms with E-state index < -0.39 is 0 Å². The lowest BCUT2D eigenvalue weighted by Gasteiger charge is -2.38. The van der Waals surface area contributed by atoms with Crippen LogP contribution in [0.1, 0.15) is 221 Å². The van der Waals surface area contributed by atoms with Gasteiger partial charge in [-0.3, -0.25) is 19.9 Å². The lowest BCUT2D eigenvalue weighted by Crippen LogP contribution is -2.25. The van der Waals surface area contributed by atoms with E-state index in [0.717, 1.165) is 47.3 Å². The van der Waals surface area contributed by atoms with Crippen molar-refractivity contribution in [2.45, 2.75) is 176 Å². The van der Waals surface area contributed by atoms with Crippen molar-refractivity contribution >= 4 is 76.2 Å². The van der Waals surface area contributed by atoms with Gasteiger partial charge in [-0.05, 0) is 257 Å². The Morgan fingerprint density at radius 1 is 0.270 bits per heavy atom. The van der Waals surface area contributed by atoms with Crippen LogP contribution in [0, 0.1) is 47.3 Å². The Bertz CT molecular complexity index is 3680. The maximum absolute atomic E-state index is 5.65. The molecule has 8 fully saturated rings. The lowest BCUT2D eigenvalue weighted by molar-refractivity contribution is 0.165. The van der Waals surface area contributed by atoms with Crippen LogP contribution in [0.3, 0.4) is 0 Å². The number of hydrogen-bond donors (Lipinski definition) is 0. The summed E-state index contributed by atoms with van der Waals surface area (Å²) in [4.78, 5) is 22.6. The SMILES string of the molecule is c1c(-c2cc3c4c5c(ncc4n4c6cnc7c(c6c(c2)c34)C2CC3CC(CC7C3)C2)C2CC3CC(C2)CC5C3)cc2c3c4c(ncc3n3c5cnc6c(c5c1c23)C1CC2CC(CC6C2)C1)C1CC2CC(C1)CC4C2. The molecule has 8 unspecified atom stereocenters. The van der Waals surface area contributed by atoms with Crippen LogP contribution in [0.25, 0.3) is 87.3 Å². The maximum Gasteiger partial charge on any atom is 0.0728 e. The van der Waals surface area contributed by atoms with Gasteiger partial charge in [0.25, 0.3) is 0 Å². The van der Waals surface area contributed by atoms with Gasteiger partial charge < -0.3 is 8.80 Å². The summed E-state index contributed by atoms with van der Waals surface area (Å²) in [5.41, 5.74) is 23.6. The highest BCUT2D eigenvalue weighted by Crippen LogP contribution is 2.64. The zero-order valence-corrected chi connectivity index (χ0v) is 42.7. The average molecular weight is 965 g/mol. The topological polar surface area (TPSA) is 60.4 Å². The number of hydrogen-bond acceptors (Lipinski definition) is 4. The average Bonchev–Trinajstić information content (AvgIpc) is 4.18. The Labute approximate surface area is 431 Å². The van der Waals surface area contributed by atoms with Gasteiger partial charge in [0.15, 0.2) is 0 Å². The Kier molecular flexibility index (Phi) is 6.81. The molecule has 0 amide bonds. The molecule has 0 aliphatic heterocycles. The van der Waals surface area contributed by atoms with Gasteiger partial charge in [0.05, 0.1) is 57.9 Å². The van der Waals surface area contributed by atoms with Crippen LogP contribution in [0.4, 0.5) is 0 Å². The van der Waals surface area contributed by atoms with Crippen LogP contribution in [-0.2, 0) is 0 Å². The Morgan fingerprint density at radius 3 is 0.716 bits per heavy atom. The van der Waals surface area contributed by atoms with E-state index in [2.05, 4.69) is 57.9 Å². The second-order valence-corrected chi connectivity index (χ2v) is 29.0. The highest BCUT2D eigenvalue weighted by Gasteiger charge is 2.49. The molecule has 366 valence electrons. The maximum atomic E-state index is 5.65. The summed E-state index contributed by atoms with van der Waals surface area (Å²) in [6.07, 6.45) is 36.8. The van der Waals surface area contributed by atoms with Crippen molar-refractivity contribution in [3.8, 4) is 11.1 Å². The first-order valence-corrected chi connectivity index (χ1v) is 30.6. The van der Waals surface area contributed by atoms with Crippen molar-refractivity contribution in [3.05, 3.63) is 94.1 Å². The Morgan fingerprint density at radius 2 is 0.486 bits per heavy atom. The third kappa shape index (κ3) is 4.57. The summed E-state index contributed by atoms with van der Waals surface area (Å²) in [7, 11) is 0. The summed E-state index contributed by atoms with van der Waals surface area (Å²) >= 11 is 0. The largest absolute Gasteiger partial charge is 0.305 e. The summed E-state index contributed by atoms with van der Waals surface area (Å²) < 4.78 is 5.43. The van der Waals surface area contributed by atoms with Crippen molar-refractivity contribution in [2.75, 3.05) is 0 Å². The van der Waals surface area contributed by atoms with E-state index >= 15 is 0 Å². The highest BCUT2D eigenvalue weighted by atomic mass is 15.0. The van der Waals surface area contributed by atoms with Crippen LogP contribution in [-0.4, -0.2) is 28.7 Å². The van der Waals surface area contributed by atoms with Crippen LogP contribution in [0.15, 0.2) is 49.1 Å². The quantitative estimate of drug-likeness (QED) is 0.164. The standard InChI is InChI=1S/C68H64N6/c1-29-5-39-6-30(1)14-43(13-29)63-55(39)59-47-21-37(22-48-60-52(73(67(47)48)51(59)25-69-63)26-70-64-44-15-31-2-32(16-44)8-40(7-31)56(60)64)38-23-49-61-53(27-71-65-45-17-33-3-34(18-45)10-41(9-33)57(61)65)74-54-28-72-66-46-19-35-4-36(20-46)12-42(11-35)58(66)62(54)50(24-38)68(49)74/h21-36,39-46H,1-20H2.